The molecule has 0 aromatic carbocycles. The Morgan fingerprint density at radius 1 is 0.591 bits per heavy atom. The highest BCUT2D eigenvalue weighted by molar-refractivity contribution is 4.62. The summed E-state index contributed by atoms with van der Waals surface area (Å²) in [6.07, 6.45) is 25.0. The maximum atomic E-state index is 5.87. The number of hydrogen-bond acceptors (Lipinski definition) is 1. The highest BCUT2D eigenvalue weighted by atomic mass is 14.6. The van der Waals surface area contributed by atoms with Gasteiger partial charge in [0.15, 0.2) is 0 Å². The number of rotatable bonds is 18. The molecule has 1 atom stereocenters. The van der Waals surface area contributed by atoms with Gasteiger partial charge in [-0.3, -0.25) is 0 Å². The van der Waals surface area contributed by atoms with Crippen molar-refractivity contribution < 1.29 is 0 Å². The van der Waals surface area contributed by atoms with Crippen molar-refractivity contribution in [1.82, 2.24) is 0 Å². The highest BCUT2D eigenvalue weighted by Gasteiger charge is 1.98. The smallest absolute Gasteiger partial charge is 0.00388 e. The molecule has 133 valence electrons. The van der Waals surface area contributed by atoms with Crippen LogP contribution >= 0.6 is 0 Å². The summed E-state index contributed by atoms with van der Waals surface area (Å²) in [5.74, 6) is 0. The van der Waals surface area contributed by atoms with E-state index in [1.165, 1.54) is 109 Å². The molecule has 0 saturated heterocycles. The van der Waals surface area contributed by atoms with E-state index in [2.05, 4.69) is 13.8 Å². The van der Waals surface area contributed by atoms with E-state index < -0.39 is 0 Å². The molecule has 0 aromatic rings. The predicted octanol–water partition coefficient (Wildman–Crippen LogP) is 7.19. The van der Waals surface area contributed by atoms with Crippen LogP contribution in [0.1, 0.15) is 122 Å². The Balaban J connectivity index is 2.97. The van der Waals surface area contributed by atoms with Gasteiger partial charge in [0, 0.05) is 6.04 Å². The monoisotopic (exact) mass is 310 g/mol. The minimum Gasteiger partial charge on any atom is -0.328 e. The second kappa shape index (κ2) is 19.0. The lowest BCUT2D eigenvalue weighted by molar-refractivity contribution is 0.514. The summed E-state index contributed by atoms with van der Waals surface area (Å²) in [7, 11) is 0. The quantitative estimate of drug-likeness (QED) is 0.266. The molecule has 0 aliphatic heterocycles. The van der Waals surface area contributed by atoms with Crippen LogP contribution in [0.3, 0.4) is 0 Å². The average molecular weight is 311 g/mol. The zero-order valence-corrected chi connectivity index (χ0v) is 15.6. The Labute approximate surface area is 141 Å². The molecule has 2 N–H and O–H groups in total. The molecule has 1 unspecified atom stereocenters. The highest BCUT2D eigenvalue weighted by Crippen LogP contribution is 2.14. The number of nitrogens with two attached hydrogens (primary N) is 1. The van der Waals surface area contributed by atoms with E-state index in [0.29, 0.717) is 6.04 Å². The van der Waals surface area contributed by atoms with Gasteiger partial charge >= 0.3 is 0 Å². The summed E-state index contributed by atoms with van der Waals surface area (Å²) >= 11 is 0. The maximum Gasteiger partial charge on any atom is 0.00388 e. The molecule has 0 aromatic heterocycles. The molecule has 0 fully saturated rings. The van der Waals surface area contributed by atoms with Crippen LogP contribution in [0, 0.1) is 6.92 Å². The number of hydrogen-bond donors (Lipinski definition) is 1. The molecule has 0 aliphatic rings. The molecule has 0 bridgehead atoms. The number of unbranched alkanes of at least 4 members (excludes halogenated alkanes) is 15. The molecule has 1 radical (unpaired) electrons. The lowest BCUT2D eigenvalue weighted by Crippen LogP contribution is -2.17. The van der Waals surface area contributed by atoms with Crippen molar-refractivity contribution in [1.29, 1.82) is 0 Å². The standard InChI is InChI=1S/C21H44N/c1-3-5-6-7-8-9-10-11-12-13-14-15-16-17-18-19-20-21(22)4-2/h21H,2-20,22H2,1H3. The van der Waals surface area contributed by atoms with Crippen LogP contribution in [-0.4, -0.2) is 6.04 Å². The zero-order valence-electron chi connectivity index (χ0n) is 15.6. The molecule has 1 nitrogen and oxygen atoms in total. The van der Waals surface area contributed by atoms with Gasteiger partial charge in [-0.15, -0.1) is 0 Å². The lowest BCUT2D eigenvalue weighted by Gasteiger charge is -2.07. The Bertz CT molecular complexity index is 190. The van der Waals surface area contributed by atoms with E-state index in [4.69, 9.17) is 5.73 Å². The Morgan fingerprint density at radius 3 is 1.23 bits per heavy atom. The molecule has 22 heavy (non-hydrogen) atoms. The fourth-order valence-electron chi connectivity index (χ4n) is 3.10. The summed E-state index contributed by atoms with van der Waals surface area (Å²) in [5.41, 5.74) is 5.87. The van der Waals surface area contributed by atoms with E-state index >= 15 is 0 Å². The molecule has 0 saturated carbocycles. The Morgan fingerprint density at radius 2 is 0.909 bits per heavy atom. The van der Waals surface area contributed by atoms with Crippen LogP contribution in [0.4, 0.5) is 0 Å². The topological polar surface area (TPSA) is 26.0 Å². The summed E-state index contributed by atoms with van der Waals surface area (Å²) in [5, 5.41) is 0. The van der Waals surface area contributed by atoms with Gasteiger partial charge in [-0.2, -0.15) is 0 Å². The molecule has 0 rings (SSSR count). The molecular formula is C21H44N. The van der Waals surface area contributed by atoms with Crippen LogP contribution in [0.2, 0.25) is 0 Å². The van der Waals surface area contributed by atoms with Crippen molar-refractivity contribution in [3.05, 3.63) is 6.92 Å². The normalized spacial score (nSPS) is 12.7. The maximum absolute atomic E-state index is 5.87. The first-order valence-corrected chi connectivity index (χ1v) is 10.4. The van der Waals surface area contributed by atoms with Gasteiger partial charge in [-0.05, 0) is 12.8 Å². The van der Waals surface area contributed by atoms with Gasteiger partial charge < -0.3 is 5.73 Å². The lowest BCUT2D eigenvalue weighted by atomic mass is 10.0. The van der Waals surface area contributed by atoms with E-state index in [1.807, 2.05) is 0 Å². The zero-order chi connectivity index (χ0) is 16.3. The first-order valence-electron chi connectivity index (χ1n) is 10.4. The van der Waals surface area contributed by atoms with Crippen molar-refractivity contribution in [3.63, 3.8) is 0 Å². The second-order valence-electron chi connectivity index (χ2n) is 7.14. The molecule has 0 spiro atoms. The minimum atomic E-state index is 0.339. The van der Waals surface area contributed by atoms with Crippen molar-refractivity contribution in [2.75, 3.05) is 0 Å². The third-order valence-corrected chi connectivity index (χ3v) is 4.80. The van der Waals surface area contributed by atoms with Gasteiger partial charge in [0.25, 0.3) is 0 Å². The molecular weight excluding hydrogens is 266 g/mol. The summed E-state index contributed by atoms with van der Waals surface area (Å²) < 4.78 is 0. The van der Waals surface area contributed by atoms with Gasteiger partial charge in [-0.25, -0.2) is 0 Å². The van der Waals surface area contributed by atoms with Gasteiger partial charge in [0.2, 0.25) is 0 Å². The van der Waals surface area contributed by atoms with Crippen molar-refractivity contribution in [2.45, 2.75) is 129 Å². The van der Waals surface area contributed by atoms with E-state index in [0.717, 1.165) is 6.42 Å². The van der Waals surface area contributed by atoms with Crippen LogP contribution < -0.4 is 5.73 Å². The van der Waals surface area contributed by atoms with E-state index in [-0.39, 0.29) is 0 Å². The second-order valence-corrected chi connectivity index (χ2v) is 7.14. The third kappa shape index (κ3) is 18.0. The Kier molecular flexibility index (Phi) is 19.0. The van der Waals surface area contributed by atoms with Gasteiger partial charge in [0.05, 0.1) is 0 Å². The summed E-state index contributed by atoms with van der Waals surface area (Å²) in [6.45, 7) is 6.14. The van der Waals surface area contributed by atoms with Crippen LogP contribution in [0.25, 0.3) is 0 Å². The van der Waals surface area contributed by atoms with Crippen LogP contribution in [-0.2, 0) is 0 Å². The average Bonchev–Trinajstić information content (AvgIpc) is 2.54. The third-order valence-electron chi connectivity index (χ3n) is 4.80. The van der Waals surface area contributed by atoms with E-state index in [9.17, 15) is 0 Å². The minimum absolute atomic E-state index is 0.339. The molecule has 0 heterocycles. The Hall–Kier alpha value is -0.0400. The van der Waals surface area contributed by atoms with Crippen LogP contribution in [0.5, 0.6) is 0 Å². The van der Waals surface area contributed by atoms with E-state index in [1.54, 1.807) is 0 Å². The summed E-state index contributed by atoms with van der Waals surface area (Å²) in [4.78, 5) is 0. The van der Waals surface area contributed by atoms with Crippen molar-refractivity contribution >= 4 is 0 Å². The molecule has 1 heteroatoms. The van der Waals surface area contributed by atoms with Crippen molar-refractivity contribution in [3.8, 4) is 0 Å². The first kappa shape index (κ1) is 22.0. The summed E-state index contributed by atoms with van der Waals surface area (Å²) in [6, 6.07) is 0.339. The SMILES string of the molecule is [CH2]CC(N)CCCCCCCCCCCCCCCCCC. The van der Waals surface area contributed by atoms with Gasteiger partial charge in [0.1, 0.15) is 0 Å². The van der Waals surface area contributed by atoms with Crippen molar-refractivity contribution in [2.24, 2.45) is 5.73 Å². The fraction of sp³-hybridized carbons (Fsp3) is 0.952. The van der Waals surface area contributed by atoms with Gasteiger partial charge in [-0.1, -0.05) is 117 Å². The van der Waals surface area contributed by atoms with Crippen LogP contribution in [0.15, 0.2) is 0 Å². The first-order chi connectivity index (χ1) is 10.8. The molecule has 0 amide bonds. The largest absolute Gasteiger partial charge is 0.328 e. The molecule has 0 aliphatic carbocycles. The fourth-order valence-corrected chi connectivity index (χ4v) is 3.10. The predicted molar refractivity (Wildman–Crippen MR) is 102 cm³/mol.